The highest BCUT2D eigenvalue weighted by molar-refractivity contribution is 5.76. The van der Waals surface area contributed by atoms with Crippen LogP contribution in [0.5, 0.6) is 0 Å². The maximum Gasteiger partial charge on any atom is 0.407 e. The molecular formula is C11H21N5O3. The number of hydrogen-bond donors (Lipinski definition) is 2. The van der Waals surface area contributed by atoms with Crippen LogP contribution in [-0.2, 0) is 9.53 Å². The largest absolute Gasteiger partial charge is 0.444 e. The first-order valence-corrected chi connectivity index (χ1v) is 6.09. The van der Waals surface area contributed by atoms with Crippen molar-refractivity contribution in [3.63, 3.8) is 0 Å². The van der Waals surface area contributed by atoms with Crippen molar-refractivity contribution in [3.8, 4) is 0 Å². The molecule has 0 aromatic rings. The van der Waals surface area contributed by atoms with Crippen molar-refractivity contribution in [2.75, 3.05) is 19.6 Å². The Labute approximate surface area is 112 Å². The molecule has 0 heterocycles. The third-order valence-corrected chi connectivity index (χ3v) is 1.84. The van der Waals surface area contributed by atoms with E-state index in [2.05, 4.69) is 20.7 Å². The Morgan fingerprint density at radius 1 is 1.26 bits per heavy atom. The normalized spacial score (nSPS) is 10.3. The number of carbonyl (C=O) groups is 2. The molecule has 0 radical (unpaired) electrons. The van der Waals surface area contributed by atoms with Crippen LogP contribution in [0.25, 0.3) is 10.4 Å². The molecule has 0 atom stereocenters. The van der Waals surface area contributed by atoms with Crippen LogP contribution in [0.3, 0.4) is 0 Å². The molecule has 8 heteroatoms. The van der Waals surface area contributed by atoms with E-state index >= 15 is 0 Å². The van der Waals surface area contributed by atoms with E-state index < -0.39 is 11.7 Å². The molecule has 0 unspecified atom stereocenters. The van der Waals surface area contributed by atoms with Gasteiger partial charge in [-0.3, -0.25) is 4.79 Å². The lowest BCUT2D eigenvalue weighted by Crippen LogP contribution is -2.35. The average molecular weight is 271 g/mol. The fourth-order valence-electron chi connectivity index (χ4n) is 1.10. The summed E-state index contributed by atoms with van der Waals surface area (Å²) < 4.78 is 5.02. The van der Waals surface area contributed by atoms with Gasteiger partial charge in [-0.05, 0) is 32.7 Å². The summed E-state index contributed by atoms with van der Waals surface area (Å²) in [6.45, 7) is 6.32. The maximum atomic E-state index is 11.3. The van der Waals surface area contributed by atoms with E-state index in [1.54, 1.807) is 20.8 Å². The highest BCUT2D eigenvalue weighted by atomic mass is 16.6. The Bertz CT molecular complexity index is 345. The monoisotopic (exact) mass is 271 g/mol. The Morgan fingerprint density at radius 3 is 2.53 bits per heavy atom. The van der Waals surface area contributed by atoms with Gasteiger partial charge in [0.1, 0.15) is 5.60 Å². The van der Waals surface area contributed by atoms with Crippen molar-refractivity contribution >= 4 is 12.0 Å². The lowest BCUT2D eigenvalue weighted by Gasteiger charge is -2.19. The summed E-state index contributed by atoms with van der Waals surface area (Å²) in [4.78, 5) is 25.2. The summed E-state index contributed by atoms with van der Waals surface area (Å²) in [5, 5.41) is 8.49. The van der Waals surface area contributed by atoms with Gasteiger partial charge in [-0.15, -0.1) is 0 Å². The van der Waals surface area contributed by atoms with Crippen molar-refractivity contribution in [3.05, 3.63) is 10.4 Å². The zero-order valence-electron chi connectivity index (χ0n) is 11.6. The first kappa shape index (κ1) is 17.1. The van der Waals surface area contributed by atoms with Crippen molar-refractivity contribution in [1.82, 2.24) is 10.6 Å². The number of nitrogens with zero attached hydrogens (tertiary/aromatic N) is 3. The SMILES string of the molecule is CC(C)(C)OC(=O)NCCC(=O)NCCCN=[N+]=[N-]. The van der Waals surface area contributed by atoms with Gasteiger partial charge in [-0.1, -0.05) is 5.11 Å². The minimum atomic E-state index is -0.548. The number of nitrogens with one attached hydrogen (secondary N) is 2. The fourth-order valence-corrected chi connectivity index (χ4v) is 1.10. The standard InChI is InChI=1S/C11H21N5O3/c1-11(2,3)19-10(18)14-8-5-9(17)13-6-4-7-15-16-12/h4-8H2,1-3H3,(H,13,17)(H,14,18). The summed E-state index contributed by atoms with van der Waals surface area (Å²) >= 11 is 0. The zero-order valence-corrected chi connectivity index (χ0v) is 11.6. The van der Waals surface area contributed by atoms with Crippen LogP contribution in [-0.4, -0.2) is 37.2 Å². The summed E-state index contributed by atoms with van der Waals surface area (Å²) in [6, 6.07) is 0. The van der Waals surface area contributed by atoms with Crippen molar-refractivity contribution in [2.24, 2.45) is 5.11 Å². The first-order chi connectivity index (χ1) is 8.85. The van der Waals surface area contributed by atoms with E-state index in [1.165, 1.54) is 0 Å². The Balaban J connectivity index is 3.58. The summed E-state index contributed by atoms with van der Waals surface area (Å²) in [7, 11) is 0. The average Bonchev–Trinajstić information content (AvgIpc) is 2.26. The number of ether oxygens (including phenoxy) is 1. The molecular weight excluding hydrogens is 250 g/mol. The lowest BCUT2D eigenvalue weighted by atomic mass is 10.2. The minimum Gasteiger partial charge on any atom is -0.444 e. The van der Waals surface area contributed by atoms with Crippen LogP contribution in [0.15, 0.2) is 5.11 Å². The van der Waals surface area contributed by atoms with Gasteiger partial charge in [0.2, 0.25) is 5.91 Å². The highest BCUT2D eigenvalue weighted by Gasteiger charge is 2.15. The van der Waals surface area contributed by atoms with Gasteiger partial charge in [-0.25, -0.2) is 4.79 Å². The van der Waals surface area contributed by atoms with E-state index in [0.717, 1.165) is 0 Å². The molecule has 0 spiro atoms. The number of rotatable bonds is 7. The Hall–Kier alpha value is -1.95. The van der Waals surface area contributed by atoms with Crippen LogP contribution in [0.2, 0.25) is 0 Å². The van der Waals surface area contributed by atoms with E-state index in [-0.39, 0.29) is 18.9 Å². The third-order valence-electron chi connectivity index (χ3n) is 1.84. The number of alkyl carbamates (subject to hydrolysis) is 1. The van der Waals surface area contributed by atoms with Crippen LogP contribution >= 0.6 is 0 Å². The number of hydrogen-bond acceptors (Lipinski definition) is 4. The molecule has 19 heavy (non-hydrogen) atoms. The lowest BCUT2D eigenvalue weighted by molar-refractivity contribution is -0.120. The van der Waals surface area contributed by atoms with Crippen molar-refractivity contribution < 1.29 is 14.3 Å². The summed E-state index contributed by atoms with van der Waals surface area (Å²) in [5.41, 5.74) is 7.49. The molecule has 108 valence electrons. The van der Waals surface area contributed by atoms with Gasteiger partial charge >= 0.3 is 6.09 Å². The topological polar surface area (TPSA) is 116 Å². The molecule has 0 aliphatic carbocycles. The van der Waals surface area contributed by atoms with E-state index in [1.807, 2.05) is 0 Å². The van der Waals surface area contributed by atoms with Crippen LogP contribution < -0.4 is 10.6 Å². The van der Waals surface area contributed by atoms with Gasteiger partial charge in [-0.2, -0.15) is 0 Å². The predicted octanol–water partition coefficient (Wildman–Crippen LogP) is 1.72. The smallest absolute Gasteiger partial charge is 0.407 e. The molecule has 0 rings (SSSR count). The molecule has 0 aliphatic rings. The molecule has 0 aromatic carbocycles. The van der Waals surface area contributed by atoms with E-state index in [4.69, 9.17) is 10.3 Å². The molecule has 0 aliphatic heterocycles. The van der Waals surface area contributed by atoms with Gasteiger partial charge in [0.05, 0.1) is 0 Å². The van der Waals surface area contributed by atoms with Crippen LogP contribution in [0, 0.1) is 0 Å². The highest BCUT2D eigenvalue weighted by Crippen LogP contribution is 2.06. The summed E-state index contributed by atoms with van der Waals surface area (Å²) in [6.07, 6.45) is 0.236. The van der Waals surface area contributed by atoms with E-state index in [9.17, 15) is 9.59 Å². The molecule has 0 fully saturated rings. The van der Waals surface area contributed by atoms with Crippen LogP contribution in [0.1, 0.15) is 33.6 Å². The van der Waals surface area contributed by atoms with Crippen LogP contribution in [0.4, 0.5) is 4.79 Å². The molecule has 0 aromatic heterocycles. The molecule has 2 N–H and O–H groups in total. The molecule has 0 saturated carbocycles. The fraction of sp³-hybridized carbons (Fsp3) is 0.818. The Kier molecular flexibility index (Phi) is 8.12. The molecule has 8 nitrogen and oxygen atoms in total. The summed E-state index contributed by atoms with van der Waals surface area (Å²) in [5.74, 6) is -0.169. The second-order valence-corrected chi connectivity index (χ2v) is 4.84. The number of azide groups is 1. The number of carbonyl (C=O) groups excluding carboxylic acids is 2. The van der Waals surface area contributed by atoms with Crippen molar-refractivity contribution in [2.45, 2.75) is 39.2 Å². The number of amides is 2. The maximum absolute atomic E-state index is 11.3. The van der Waals surface area contributed by atoms with Gasteiger partial charge < -0.3 is 15.4 Å². The van der Waals surface area contributed by atoms with Gasteiger partial charge in [0.25, 0.3) is 0 Å². The van der Waals surface area contributed by atoms with Gasteiger partial charge in [0, 0.05) is 31.0 Å². The second-order valence-electron chi connectivity index (χ2n) is 4.84. The molecule has 2 amide bonds. The second kappa shape index (κ2) is 9.04. The molecule has 0 bridgehead atoms. The van der Waals surface area contributed by atoms with Gasteiger partial charge in [0.15, 0.2) is 0 Å². The van der Waals surface area contributed by atoms with E-state index in [0.29, 0.717) is 19.5 Å². The predicted molar refractivity (Wildman–Crippen MR) is 70.5 cm³/mol. The Morgan fingerprint density at radius 2 is 1.95 bits per heavy atom. The molecule has 0 saturated heterocycles. The minimum absolute atomic E-state index is 0.169. The first-order valence-electron chi connectivity index (χ1n) is 6.09. The third kappa shape index (κ3) is 12.3. The quantitative estimate of drug-likeness (QED) is 0.318. The zero-order chi connectivity index (χ0) is 14.7. The van der Waals surface area contributed by atoms with Crippen molar-refractivity contribution in [1.29, 1.82) is 0 Å².